The summed E-state index contributed by atoms with van der Waals surface area (Å²) in [5.74, 6) is 2.32. The Balaban J connectivity index is 1.13. The fourth-order valence-electron chi connectivity index (χ4n) is 4.86. The maximum atomic E-state index is 10.7. The monoisotopic (exact) mass is 469 g/mol. The Morgan fingerprint density at radius 3 is 2.63 bits per heavy atom. The van der Waals surface area contributed by atoms with Gasteiger partial charge in [-0.25, -0.2) is 0 Å². The number of benzene rings is 3. The highest BCUT2D eigenvalue weighted by Crippen LogP contribution is 2.33. The maximum Gasteiger partial charge on any atom is 0.250 e. The molecule has 1 atom stereocenters. The highest BCUT2D eigenvalue weighted by Gasteiger charge is 2.23. The molecule has 0 saturated carbocycles. The van der Waals surface area contributed by atoms with Crippen LogP contribution in [0.15, 0.2) is 71.3 Å². The van der Waals surface area contributed by atoms with E-state index in [0.717, 1.165) is 31.5 Å². The number of nitrogens with zero attached hydrogens (tertiary/aromatic N) is 3. The third-order valence-electron chi connectivity index (χ3n) is 6.62. The molecule has 0 bridgehead atoms. The van der Waals surface area contributed by atoms with Crippen LogP contribution in [0.5, 0.6) is 5.75 Å². The highest BCUT2D eigenvalue weighted by molar-refractivity contribution is 5.86. The molecule has 1 aliphatic heterocycles. The van der Waals surface area contributed by atoms with Crippen molar-refractivity contribution in [3.63, 3.8) is 0 Å². The standard InChI is InChI=1S/C29H31N3O3/c1-21-30-29(35-31-21)14-13-24-8-3-5-12-28(24)34-20-25(33)19-32-17-15-23(16-18-32)27-11-6-9-22-7-2-4-10-26(22)27/h2-14,23,25,33H,15-20H2,1H3. The summed E-state index contributed by atoms with van der Waals surface area (Å²) in [5, 5.41) is 17.1. The van der Waals surface area contributed by atoms with Crippen LogP contribution in [0.25, 0.3) is 22.9 Å². The molecule has 0 amide bonds. The van der Waals surface area contributed by atoms with E-state index in [1.807, 2.05) is 30.3 Å². The Bertz CT molecular complexity index is 1290. The third-order valence-corrected chi connectivity index (χ3v) is 6.62. The van der Waals surface area contributed by atoms with E-state index in [9.17, 15) is 5.11 Å². The molecule has 1 aromatic heterocycles. The van der Waals surface area contributed by atoms with Crippen LogP contribution in [0.1, 0.15) is 41.6 Å². The SMILES string of the molecule is Cc1noc(C=Cc2ccccc2OCC(O)CN2CCC(c3cccc4ccccc34)CC2)n1. The molecule has 3 aromatic carbocycles. The summed E-state index contributed by atoms with van der Waals surface area (Å²) in [7, 11) is 0. The summed E-state index contributed by atoms with van der Waals surface area (Å²) < 4.78 is 11.1. The number of aromatic nitrogens is 2. The van der Waals surface area contributed by atoms with Gasteiger partial charge < -0.3 is 19.3 Å². The van der Waals surface area contributed by atoms with E-state index in [1.165, 1.54) is 16.3 Å². The summed E-state index contributed by atoms with van der Waals surface area (Å²) in [5.41, 5.74) is 2.35. The van der Waals surface area contributed by atoms with Crippen molar-refractivity contribution >= 4 is 22.9 Å². The second kappa shape index (κ2) is 10.8. The fraction of sp³-hybridized carbons (Fsp3) is 0.310. The molecule has 180 valence electrons. The topological polar surface area (TPSA) is 71.6 Å². The molecule has 0 aliphatic carbocycles. The largest absolute Gasteiger partial charge is 0.490 e. The Labute approximate surface area is 205 Å². The zero-order valence-electron chi connectivity index (χ0n) is 20.0. The van der Waals surface area contributed by atoms with Gasteiger partial charge in [-0.05, 0) is 67.3 Å². The average molecular weight is 470 g/mol. The molecule has 0 spiro atoms. The van der Waals surface area contributed by atoms with Gasteiger partial charge in [-0.1, -0.05) is 65.8 Å². The van der Waals surface area contributed by atoms with Crippen LogP contribution in [0.4, 0.5) is 0 Å². The van der Waals surface area contributed by atoms with Crippen molar-refractivity contribution in [1.82, 2.24) is 15.0 Å². The van der Waals surface area contributed by atoms with Crippen LogP contribution in [0, 0.1) is 6.92 Å². The lowest BCUT2D eigenvalue weighted by molar-refractivity contribution is 0.0594. The number of aliphatic hydroxyl groups excluding tert-OH is 1. The normalized spacial score (nSPS) is 16.2. The molecule has 6 nitrogen and oxygen atoms in total. The molecule has 2 heterocycles. The number of aliphatic hydroxyl groups is 1. The quantitative estimate of drug-likeness (QED) is 0.377. The smallest absolute Gasteiger partial charge is 0.250 e. The van der Waals surface area contributed by atoms with Gasteiger partial charge in [-0.3, -0.25) is 0 Å². The van der Waals surface area contributed by atoms with Gasteiger partial charge in [0.15, 0.2) is 5.82 Å². The first kappa shape index (κ1) is 23.3. The van der Waals surface area contributed by atoms with Gasteiger partial charge in [-0.2, -0.15) is 4.98 Å². The Hall–Kier alpha value is -3.48. The van der Waals surface area contributed by atoms with Crippen LogP contribution in [-0.4, -0.2) is 52.5 Å². The number of hydrogen-bond donors (Lipinski definition) is 1. The van der Waals surface area contributed by atoms with Crippen LogP contribution >= 0.6 is 0 Å². The van der Waals surface area contributed by atoms with E-state index < -0.39 is 6.10 Å². The number of aryl methyl sites for hydroxylation is 1. The molecular weight excluding hydrogens is 438 g/mol. The van der Waals surface area contributed by atoms with Crippen LogP contribution in [0.2, 0.25) is 0 Å². The summed E-state index contributed by atoms with van der Waals surface area (Å²) in [6.07, 6.45) is 5.29. The first-order chi connectivity index (χ1) is 17.2. The second-order valence-corrected chi connectivity index (χ2v) is 9.16. The lowest BCUT2D eigenvalue weighted by Crippen LogP contribution is -2.40. The Morgan fingerprint density at radius 1 is 1.03 bits per heavy atom. The van der Waals surface area contributed by atoms with Crippen molar-refractivity contribution in [3.05, 3.63) is 89.6 Å². The summed E-state index contributed by atoms with van der Waals surface area (Å²) in [6.45, 7) is 4.60. The molecular formula is C29H31N3O3. The molecule has 1 unspecified atom stereocenters. The number of hydrogen-bond acceptors (Lipinski definition) is 6. The number of rotatable bonds is 8. The lowest BCUT2D eigenvalue weighted by atomic mass is 9.86. The minimum Gasteiger partial charge on any atom is -0.490 e. The number of likely N-dealkylation sites (tertiary alicyclic amines) is 1. The van der Waals surface area contributed by atoms with Crippen molar-refractivity contribution in [3.8, 4) is 5.75 Å². The van der Waals surface area contributed by atoms with Crippen molar-refractivity contribution in [2.45, 2.75) is 31.8 Å². The van der Waals surface area contributed by atoms with E-state index >= 15 is 0 Å². The number of ether oxygens (including phenoxy) is 1. The van der Waals surface area contributed by atoms with Crippen molar-refractivity contribution in [2.24, 2.45) is 0 Å². The molecule has 1 N–H and O–H groups in total. The van der Waals surface area contributed by atoms with Crippen molar-refractivity contribution in [2.75, 3.05) is 26.2 Å². The van der Waals surface area contributed by atoms with Gasteiger partial charge in [0.05, 0.1) is 0 Å². The molecule has 4 aromatic rings. The van der Waals surface area contributed by atoms with E-state index in [1.54, 1.807) is 13.0 Å². The predicted molar refractivity (Wildman–Crippen MR) is 138 cm³/mol. The van der Waals surface area contributed by atoms with Crippen LogP contribution < -0.4 is 4.74 Å². The highest BCUT2D eigenvalue weighted by atomic mass is 16.5. The molecule has 35 heavy (non-hydrogen) atoms. The number of fused-ring (bicyclic) bond motifs is 1. The second-order valence-electron chi connectivity index (χ2n) is 9.16. The molecule has 6 heteroatoms. The number of β-amino-alcohol motifs (C(OH)–C–C–N with tert-alkyl or cyclic N) is 1. The van der Waals surface area contributed by atoms with Gasteiger partial charge in [0.25, 0.3) is 5.89 Å². The third kappa shape index (κ3) is 5.78. The average Bonchev–Trinajstić information content (AvgIpc) is 3.32. The van der Waals surface area contributed by atoms with Gasteiger partial charge in [-0.15, -0.1) is 0 Å². The maximum absolute atomic E-state index is 10.7. The van der Waals surface area contributed by atoms with E-state index in [0.29, 0.717) is 29.9 Å². The van der Waals surface area contributed by atoms with Gasteiger partial charge in [0, 0.05) is 18.2 Å². The van der Waals surface area contributed by atoms with Gasteiger partial charge in [0.1, 0.15) is 18.5 Å². The Kier molecular flexibility index (Phi) is 7.21. The lowest BCUT2D eigenvalue weighted by Gasteiger charge is -2.33. The first-order valence-electron chi connectivity index (χ1n) is 12.2. The predicted octanol–water partition coefficient (Wildman–Crippen LogP) is 5.32. The molecule has 1 aliphatic rings. The van der Waals surface area contributed by atoms with Crippen molar-refractivity contribution < 1.29 is 14.4 Å². The molecule has 1 saturated heterocycles. The minimum atomic E-state index is -0.556. The number of piperidine rings is 1. The van der Waals surface area contributed by atoms with Crippen LogP contribution in [-0.2, 0) is 0 Å². The molecule has 5 rings (SSSR count). The Morgan fingerprint density at radius 2 is 1.80 bits per heavy atom. The summed E-state index contributed by atoms with van der Waals surface area (Å²) >= 11 is 0. The van der Waals surface area contributed by atoms with Crippen molar-refractivity contribution in [1.29, 1.82) is 0 Å². The van der Waals surface area contributed by atoms with Gasteiger partial charge >= 0.3 is 0 Å². The molecule has 0 radical (unpaired) electrons. The zero-order valence-corrected chi connectivity index (χ0v) is 20.0. The fourth-order valence-corrected chi connectivity index (χ4v) is 4.86. The number of para-hydroxylation sites is 1. The van der Waals surface area contributed by atoms with Crippen LogP contribution in [0.3, 0.4) is 0 Å². The zero-order chi connectivity index (χ0) is 24.0. The van der Waals surface area contributed by atoms with E-state index in [2.05, 4.69) is 57.5 Å². The van der Waals surface area contributed by atoms with E-state index in [4.69, 9.17) is 9.26 Å². The minimum absolute atomic E-state index is 0.244. The summed E-state index contributed by atoms with van der Waals surface area (Å²) in [6, 6.07) is 23.0. The summed E-state index contributed by atoms with van der Waals surface area (Å²) in [4.78, 5) is 6.53. The first-order valence-corrected chi connectivity index (χ1v) is 12.2. The van der Waals surface area contributed by atoms with E-state index in [-0.39, 0.29) is 6.61 Å². The molecule has 1 fully saturated rings. The van der Waals surface area contributed by atoms with Gasteiger partial charge in [0.2, 0.25) is 0 Å².